The molecule has 1 aromatic rings. The van der Waals surface area contributed by atoms with Crippen LogP contribution in [0, 0.1) is 11.8 Å². The molecule has 1 rings (SSSR count). The maximum Gasteiger partial charge on any atom is 0.304 e. The smallest absolute Gasteiger partial charge is 0.304 e. The molecule has 0 radical (unpaired) electrons. The van der Waals surface area contributed by atoms with E-state index < -0.39 is 6.10 Å². The first-order valence-corrected chi connectivity index (χ1v) is 5.04. The minimum Gasteiger partial charge on any atom is -0.444 e. The number of carbonyl (C=O) groups excluding carboxylic acids is 1. The Morgan fingerprint density at radius 1 is 1.47 bits per heavy atom. The van der Waals surface area contributed by atoms with Gasteiger partial charge in [0.25, 0.3) is 0 Å². The van der Waals surface area contributed by atoms with E-state index in [2.05, 4.69) is 11.8 Å². The van der Waals surface area contributed by atoms with Gasteiger partial charge in [-0.05, 0) is 0 Å². The number of rotatable bonds is 2. The number of halogens is 1. The van der Waals surface area contributed by atoms with Gasteiger partial charge in [-0.3, -0.25) is 4.79 Å². The van der Waals surface area contributed by atoms with Gasteiger partial charge in [0.05, 0.1) is 5.88 Å². The molecule has 1 unspecified atom stereocenters. The summed E-state index contributed by atoms with van der Waals surface area (Å²) in [7, 11) is 0. The van der Waals surface area contributed by atoms with Crippen molar-refractivity contribution in [2.75, 3.05) is 5.88 Å². The summed E-state index contributed by atoms with van der Waals surface area (Å²) in [5.74, 6) is 5.36. The van der Waals surface area contributed by atoms with Crippen LogP contribution in [0.3, 0.4) is 0 Å². The Morgan fingerprint density at radius 2 is 2.13 bits per heavy atom. The minimum absolute atomic E-state index is 0.227. The summed E-state index contributed by atoms with van der Waals surface area (Å²) in [4.78, 5) is 10.9. The molecule has 0 aliphatic carbocycles. The molecule has 1 atom stereocenters. The Hall–Kier alpha value is -1.46. The number of carbonyl (C=O) groups is 1. The van der Waals surface area contributed by atoms with Gasteiger partial charge in [0, 0.05) is 12.5 Å². The molecule has 0 bridgehead atoms. The molecular weight excluding hydrogens is 212 g/mol. The van der Waals surface area contributed by atoms with Crippen molar-refractivity contribution in [3.63, 3.8) is 0 Å². The summed E-state index contributed by atoms with van der Waals surface area (Å²) in [6.07, 6.45) is -0.526. The summed E-state index contributed by atoms with van der Waals surface area (Å²) < 4.78 is 5.07. The lowest BCUT2D eigenvalue weighted by Gasteiger charge is -2.10. The average molecular weight is 223 g/mol. The topological polar surface area (TPSA) is 26.3 Å². The molecule has 1 aromatic carbocycles. The zero-order valence-electron chi connectivity index (χ0n) is 8.37. The monoisotopic (exact) mass is 222 g/mol. The highest BCUT2D eigenvalue weighted by Gasteiger charge is 2.10. The molecule has 0 fully saturated rings. The normalized spacial score (nSPS) is 11.1. The highest BCUT2D eigenvalue weighted by molar-refractivity contribution is 6.19. The van der Waals surface area contributed by atoms with Crippen LogP contribution in [0.5, 0.6) is 0 Å². The largest absolute Gasteiger partial charge is 0.444 e. The molecule has 0 aliphatic heterocycles. The predicted octanol–water partition coefficient (Wildman–Crippen LogP) is 2.53. The van der Waals surface area contributed by atoms with E-state index >= 15 is 0 Å². The van der Waals surface area contributed by atoms with E-state index in [0.717, 1.165) is 5.56 Å². The number of esters is 1. The quantitative estimate of drug-likeness (QED) is 0.437. The SMILES string of the molecule is CC(=O)OC(C#CCCl)c1ccccc1. The van der Waals surface area contributed by atoms with Crippen molar-refractivity contribution < 1.29 is 9.53 Å². The van der Waals surface area contributed by atoms with Gasteiger partial charge in [-0.25, -0.2) is 0 Å². The van der Waals surface area contributed by atoms with Crippen LogP contribution in [-0.2, 0) is 9.53 Å². The highest BCUT2D eigenvalue weighted by Crippen LogP contribution is 2.16. The second-order valence-corrected chi connectivity index (χ2v) is 3.12. The van der Waals surface area contributed by atoms with E-state index in [0.29, 0.717) is 0 Å². The number of hydrogen-bond acceptors (Lipinski definition) is 2. The van der Waals surface area contributed by atoms with Gasteiger partial charge in [-0.15, -0.1) is 11.6 Å². The van der Waals surface area contributed by atoms with Crippen LogP contribution in [0.1, 0.15) is 18.6 Å². The second kappa shape index (κ2) is 6.10. The third-order valence-electron chi connectivity index (χ3n) is 1.69. The Labute approximate surface area is 94.2 Å². The van der Waals surface area contributed by atoms with Crippen LogP contribution in [0.15, 0.2) is 30.3 Å². The van der Waals surface area contributed by atoms with Crippen molar-refractivity contribution >= 4 is 17.6 Å². The first-order chi connectivity index (χ1) is 7.24. The summed E-state index contributed by atoms with van der Waals surface area (Å²) in [5.41, 5.74) is 0.852. The fourth-order valence-corrected chi connectivity index (χ4v) is 1.18. The number of ether oxygens (including phenoxy) is 1. The van der Waals surface area contributed by atoms with Crippen molar-refractivity contribution in [2.45, 2.75) is 13.0 Å². The van der Waals surface area contributed by atoms with Crippen LogP contribution in [-0.4, -0.2) is 11.8 Å². The Balaban J connectivity index is 2.86. The second-order valence-electron chi connectivity index (χ2n) is 2.85. The first kappa shape index (κ1) is 11.6. The maximum atomic E-state index is 10.9. The van der Waals surface area contributed by atoms with Gasteiger partial charge < -0.3 is 4.74 Å². The van der Waals surface area contributed by atoms with Crippen molar-refractivity contribution in [1.29, 1.82) is 0 Å². The van der Waals surface area contributed by atoms with E-state index in [1.807, 2.05) is 30.3 Å². The fourth-order valence-electron chi connectivity index (χ4n) is 1.11. The summed E-state index contributed by atoms with van der Waals surface area (Å²) in [6.45, 7) is 1.36. The molecule has 15 heavy (non-hydrogen) atoms. The molecule has 78 valence electrons. The fraction of sp³-hybridized carbons (Fsp3) is 0.250. The van der Waals surface area contributed by atoms with Crippen molar-refractivity contribution in [3.8, 4) is 11.8 Å². The molecule has 0 aliphatic rings. The molecule has 0 saturated heterocycles. The zero-order valence-corrected chi connectivity index (χ0v) is 9.12. The van der Waals surface area contributed by atoms with Crippen LogP contribution in [0.2, 0.25) is 0 Å². The number of hydrogen-bond donors (Lipinski definition) is 0. The standard InChI is InChI=1S/C12H11ClO2/c1-10(14)15-12(8-5-9-13)11-6-3-2-4-7-11/h2-4,6-7,12H,9H2,1H3. The number of alkyl halides is 1. The van der Waals surface area contributed by atoms with Crippen LogP contribution >= 0.6 is 11.6 Å². The maximum absolute atomic E-state index is 10.9. The van der Waals surface area contributed by atoms with Gasteiger partial charge in [0.2, 0.25) is 0 Å². The van der Waals surface area contributed by atoms with Gasteiger partial charge in [0.15, 0.2) is 6.10 Å². The molecule has 0 N–H and O–H groups in total. The van der Waals surface area contributed by atoms with Gasteiger partial charge in [0.1, 0.15) is 0 Å². The number of benzene rings is 1. The minimum atomic E-state index is -0.526. The van der Waals surface area contributed by atoms with E-state index in [1.165, 1.54) is 6.92 Å². The lowest BCUT2D eigenvalue weighted by molar-refractivity contribution is -0.144. The van der Waals surface area contributed by atoms with Gasteiger partial charge in [-0.2, -0.15) is 0 Å². The van der Waals surface area contributed by atoms with Gasteiger partial charge >= 0.3 is 5.97 Å². The molecule has 0 saturated carbocycles. The lowest BCUT2D eigenvalue weighted by Crippen LogP contribution is -2.06. The van der Waals surface area contributed by atoms with Gasteiger partial charge in [-0.1, -0.05) is 42.2 Å². The van der Waals surface area contributed by atoms with E-state index in [1.54, 1.807) is 0 Å². The Morgan fingerprint density at radius 3 is 2.67 bits per heavy atom. The molecule has 3 heteroatoms. The van der Waals surface area contributed by atoms with Crippen molar-refractivity contribution in [3.05, 3.63) is 35.9 Å². The van der Waals surface area contributed by atoms with Crippen LogP contribution < -0.4 is 0 Å². The summed E-state index contributed by atoms with van der Waals surface area (Å²) in [5, 5.41) is 0. The third-order valence-corrected chi connectivity index (χ3v) is 1.82. The van der Waals surface area contributed by atoms with E-state index in [9.17, 15) is 4.79 Å². The molecule has 2 nitrogen and oxygen atoms in total. The molecule has 0 amide bonds. The first-order valence-electron chi connectivity index (χ1n) is 4.50. The van der Waals surface area contributed by atoms with E-state index in [-0.39, 0.29) is 11.8 Å². The van der Waals surface area contributed by atoms with Crippen LogP contribution in [0.4, 0.5) is 0 Å². The summed E-state index contributed by atoms with van der Waals surface area (Å²) >= 11 is 5.46. The third kappa shape index (κ3) is 4.05. The molecular formula is C12H11ClO2. The summed E-state index contributed by atoms with van der Waals surface area (Å²) in [6, 6.07) is 9.35. The predicted molar refractivity (Wildman–Crippen MR) is 59.4 cm³/mol. The molecule has 0 aromatic heterocycles. The molecule has 0 spiro atoms. The van der Waals surface area contributed by atoms with Crippen molar-refractivity contribution in [1.82, 2.24) is 0 Å². The lowest BCUT2D eigenvalue weighted by atomic mass is 10.1. The Kier molecular flexibility index (Phi) is 4.73. The van der Waals surface area contributed by atoms with Crippen LogP contribution in [0.25, 0.3) is 0 Å². The van der Waals surface area contributed by atoms with E-state index in [4.69, 9.17) is 16.3 Å². The van der Waals surface area contributed by atoms with Crippen molar-refractivity contribution in [2.24, 2.45) is 0 Å². The average Bonchev–Trinajstić information content (AvgIpc) is 2.25. The Bertz CT molecular complexity index is 376. The zero-order chi connectivity index (χ0) is 11.1. The highest BCUT2D eigenvalue weighted by atomic mass is 35.5. The molecule has 0 heterocycles.